The van der Waals surface area contributed by atoms with Gasteiger partial charge in [-0.15, -0.1) is 0 Å². The van der Waals surface area contributed by atoms with Crippen molar-refractivity contribution in [3.63, 3.8) is 0 Å². The van der Waals surface area contributed by atoms with Crippen LogP contribution in [0.5, 0.6) is 0 Å². The summed E-state index contributed by atoms with van der Waals surface area (Å²) in [5.41, 5.74) is 2.46. The number of ether oxygens (including phenoxy) is 1. The molecule has 1 N–H and O–H groups in total. The number of nitrogens with zero attached hydrogens (tertiary/aromatic N) is 1. The third-order valence-electron chi connectivity index (χ3n) is 2.01. The average molecular weight is 295 g/mol. The summed E-state index contributed by atoms with van der Waals surface area (Å²) in [5.74, 6) is 0. The molecule has 0 heterocycles. The molecule has 1 aromatic rings. The number of nitriles is 1. The first-order valence-corrected chi connectivity index (χ1v) is 6.08. The van der Waals surface area contributed by atoms with Crippen LogP contribution in [0.25, 0.3) is 0 Å². The Morgan fingerprint density at radius 1 is 1.59 bits per heavy atom. The van der Waals surface area contributed by atoms with E-state index in [0.29, 0.717) is 25.3 Å². The molecule has 3 nitrogen and oxygen atoms in total. The Bertz CT molecular complexity index is 438. The van der Waals surface area contributed by atoms with Crippen LogP contribution in [-0.4, -0.2) is 19.8 Å². The molecule has 0 aliphatic heterocycles. The highest BCUT2D eigenvalue weighted by atomic mass is 79.9. The van der Waals surface area contributed by atoms with Gasteiger partial charge in [0.1, 0.15) is 6.07 Å². The van der Waals surface area contributed by atoms with Gasteiger partial charge < -0.3 is 10.1 Å². The van der Waals surface area contributed by atoms with E-state index in [1.54, 1.807) is 6.07 Å². The van der Waals surface area contributed by atoms with Gasteiger partial charge in [-0.1, -0.05) is 28.1 Å². The van der Waals surface area contributed by atoms with E-state index in [9.17, 15) is 0 Å². The summed E-state index contributed by atoms with van der Waals surface area (Å²) in [5, 5.41) is 12.1. The van der Waals surface area contributed by atoms with Crippen LogP contribution in [0.2, 0.25) is 0 Å². The summed E-state index contributed by atoms with van der Waals surface area (Å²) in [6.07, 6.45) is 0. The minimum absolute atomic E-state index is 0.577. The minimum Gasteiger partial charge on any atom is -0.382 e. The predicted molar refractivity (Wildman–Crippen MR) is 73.0 cm³/mol. The number of anilines is 1. The number of nitrogens with one attached hydrogen (secondary N) is 1. The topological polar surface area (TPSA) is 45.0 Å². The Balaban J connectivity index is 2.42. The molecule has 0 bridgehead atoms. The lowest BCUT2D eigenvalue weighted by molar-refractivity contribution is 0.167. The van der Waals surface area contributed by atoms with Crippen LogP contribution in [0.1, 0.15) is 12.5 Å². The SMILES string of the molecule is C=C(C)COCCNc1ccc(Br)cc1C#N. The molecule has 0 saturated heterocycles. The van der Waals surface area contributed by atoms with Gasteiger partial charge in [-0.2, -0.15) is 5.26 Å². The second-order valence-electron chi connectivity index (χ2n) is 3.74. The van der Waals surface area contributed by atoms with Crippen molar-refractivity contribution in [2.24, 2.45) is 0 Å². The van der Waals surface area contributed by atoms with E-state index in [0.717, 1.165) is 15.7 Å². The highest BCUT2D eigenvalue weighted by Crippen LogP contribution is 2.19. The molecule has 0 saturated carbocycles. The van der Waals surface area contributed by atoms with Gasteiger partial charge in [-0.05, 0) is 25.1 Å². The number of rotatable bonds is 6. The van der Waals surface area contributed by atoms with E-state index >= 15 is 0 Å². The van der Waals surface area contributed by atoms with Crippen LogP contribution >= 0.6 is 15.9 Å². The zero-order valence-corrected chi connectivity index (χ0v) is 11.4. The molecule has 0 aromatic heterocycles. The number of halogens is 1. The number of benzene rings is 1. The van der Waals surface area contributed by atoms with E-state index in [4.69, 9.17) is 10.00 Å². The standard InChI is InChI=1S/C13H15BrN2O/c1-10(2)9-17-6-5-16-13-4-3-12(14)7-11(13)8-15/h3-4,7,16H,1,5-6,9H2,2H3. The van der Waals surface area contributed by atoms with Gasteiger partial charge in [0.25, 0.3) is 0 Å². The third-order valence-corrected chi connectivity index (χ3v) is 2.51. The highest BCUT2D eigenvalue weighted by Gasteiger charge is 2.01. The van der Waals surface area contributed by atoms with E-state index in [2.05, 4.69) is 33.9 Å². The molecule has 0 aliphatic carbocycles. The molecule has 17 heavy (non-hydrogen) atoms. The summed E-state index contributed by atoms with van der Waals surface area (Å²) < 4.78 is 6.26. The maximum absolute atomic E-state index is 8.96. The van der Waals surface area contributed by atoms with E-state index < -0.39 is 0 Å². The zero-order valence-electron chi connectivity index (χ0n) is 9.79. The van der Waals surface area contributed by atoms with Crippen LogP contribution in [0.4, 0.5) is 5.69 Å². The van der Waals surface area contributed by atoms with Crippen molar-refractivity contribution >= 4 is 21.6 Å². The van der Waals surface area contributed by atoms with E-state index in [-0.39, 0.29) is 0 Å². The normalized spacial score (nSPS) is 9.71. The first kappa shape index (κ1) is 13.8. The van der Waals surface area contributed by atoms with Gasteiger partial charge in [-0.3, -0.25) is 0 Å². The predicted octanol–water partition coefficient (Wildman–Crippen LogP) is 3.33. The maximum Gasteiger partial charge on any atom is 0.101 e. The third kappa shape index (κ3) is 5.03. The lowest BCUT2D eigenvalue weighted by Gasteiger charge is -2.09. The van der Waals surface area contributed by atoms with Crippen molar-refractivity contribution in [1.82, 2.24) is 0 Å². The first-order chi connectivity index (χ1) is 8.13. The summed E-state index contributed by atoms with van der Waals surface area (Å²) in [6, 6.07) is 7.71. The number of hydrogen-bond acceptors (Lipinski definition) is 3. The Labute approximate surface area is 110 Å². The summed E-state index contributed by atoms with van der Waals surface area (Å²) in [4.78, 5) is 0. The van der Waals surface area contributed by atoms with Gasteiger partial charge >= 0.3 is 0 Å². The monoisotopic (exact) mass is 294 g/mol. The molecule has 0 unspecified atom stereocenters. The number of hydrogen-bond donors (Lipinski definition) is 1. The van der Waals surface area contributed by atoms with Gasteiger partial charge in [0.05, 0.1) is 24.5 Å². The molecule has 0 amide bonds. The molecule has 0 radical (unpaired) electrons. The second-order valence-corrected chi connectivity index (χ2v) is 4.65. The van der Waals surface area contributed by atoms with Crippen molar-refractivity contribution in [2.75, 3.05) is 25.1 Å². The molecule has 0 aliphatic rings. The summed E-state index contributed by atoms with van der Waals surface area (Å²) in [7, 11) is 0. The second kappa shape index (κ2) is 7.10. The fraction of sp³-hybridized carbons (Fsp3) is 0.308. The molecule has 1 aromatic carbocycles. The molecule has 0 spiro atoms. The Hall–Kier alpha value is -1.31. The van der Waals surface area contributed by atoms with Crippen molar-refractivity contribution in [1.29, 1.82) is 5.26 Å². The summed E-state index contributed by atoms with van der Waals surface area (Å²) in [6.45, 7) is 7.52. The molecule has 90 valence electrons. The van der Waals surface area contributed by atoms with Gasteiger partial charge in [-0.25, -0.2) is 0 Å². The Morgan fingerprint density at radius 3 is 3.00 bits per heavy atom. The molecule has 4 heteroatoms. The van der Waals surface area contributed by atoms with E-state index in [1.165, 1.54) is 0 Å². The smallest absolute Gasteiger partial charge is 0.101 e. The van der Waals surface area contributed by atoms with Crippen molar-refractivity contribution in [2.45, 2.75) is 6.92 Å². The fourth-order valence-electron chi connectivity index (χ4n) is 1.27. The van der Waals surface area contributed by atoms with Crippen molar-refractivity contribution in [3.8, 4) is 6.07 Å². The molecular formula is C13H15BrN2O. The molecule has 0 fully saturated rings. The van der Waals surface area contributed by atoms with Gasteiger partial charge in [0, 0.05) is 11.0 Å². The lowest BCUT2D eigenvalue weighted by atomic mass is 10.2. The van der Waals surface area contributed by atoms with Crippen molar-refractivity contribution in [3.05, 3.63) is 40.4 Å². The Kier molecular flexibility index (Phi) is 5.75. The fourth-order valence-corrected chi connectivity index (χ4v) is 1.63. The first-order valence-electron chi connectivity index (χ1n) is 5.29. The molecule has 1 rings (SSSR count). The van der Waals surface area contributed by atoms with E-state index in [1.807, 2.05) is 19.1 Å². The van der Waals surface area contributed by atoms with Crippen molar-refractivity contribution < 1.29 is 4.74 Å². The zero-order chi connectivity index (χ0) is 12.7. The lowest BCUT2D eigenvalue weighted by Crippen LogP contribution is -2.11. The minimum atomic E-state index is 0.577. The summed E-state index contributed by atoms with van der Waals surface area (Å²) >= 11 is 3.33. The molecular weight excluding hydrogens is 280 g/mol. The largest absolute Gasteiger partial charge is 0.382 e. The van der Waals surface area contributed by atoms with Crippen LogP contribution in [-0.2, 0) is 4.74 Å². The van der Waals surface area contributed by atoms with Gasteiger partial charge in [0.2, 0.25) is 0 Å². The average Bonchev–Trinajstić information content (AvgIpc) is 2.29. The maximum atomic E-state index is 8.96. The Morgan fingerprint density at radius 2 is 2.35 bits per heavy atom. The van der Waals surface area contributed by atoms with Crippen LogP contribution in [0, 0.1) is 11.3 Å². The van der Waals surface area contributed by atoms with Crippen LogP contribution in [0.15, 0.2) is 34.8 Å². The quantitative estimate of drug-likeness (QED) is 0.647. The van der Waals surface area contributed by atoms with Crippen LogP contribution < -0.4 is 5.32 Å². The molecule has 0 atom stereocenters. The van der Waals surface area contributed by atoms with Gasteiger partial charge in [0.15, 0.2) is 0 Å². The van der Waals surface area contributed by atoms with Crippen LogP contribution in [0.3, 0.4) is 0 Å². The highest BCUT2D eigenvalue weighted by molar-refractivity contribution is 9.10.